The van der Waals surface area contributed by atoms with Gasteiger partial charge < -0.3 is 5.11 Å². The van der Waals surface area contributed by atoms with Gasteiger partial charge in [-0.25, -0.2) is 18.4 Å². The van der Waals surface area contributed by atoms with Crippen molar-refractivity contribution in [3.8, 4) is 0 Å². The van der Waals surface area contributed by atoms with Crippen LogP contribution in [0.3, 0.4) is 0 Å². The van der Waals surface area contributed by atoms with Crippen molar-refractivity contribution >= 4 is 21.6 Å². The predicted octanol–water partition coefficient (Wildman–Crippen LogP) is 3.85. The van der Waals surface area contributed by atoms with Gasteiger partial charge in [0.2, 0.25) is 0 Å². The molecule has 0 aliphatic heterocycles. The summed E-state index contributed by atoms with van der Waals surface area (Å²) in [6.45, 7) is 1.82. The minimum absolute atomic E-state index is 0.00448. The Labute approximate surface area is 170 Å². The molecule has 0 radical (unpaired) electrons. The van der Waals surface area contributed by atoms with Gasteiger partial charge in [0.1, 0.15) is 29.9 Å². The smallest absolute Gasteiger partial charge is 0.137 e. The summed E-state index contributed by atoms with van der Waals surface area (Å²) in [4.78, 5) is 8.16. The molecule has 9 heteroatoms. The van der Waals surface area contributed by atoms with Crippen LogP contribution in [-0.4, -0.2) is 35.9 Å². The number of hydrogen-bond donors (Lipinski definition) is 1. The van der Waals surface area contributed by atoms with E-state index in [9.17, 15) is 13.9 Å². The molecule has 0 saturated carbocycles. The van der Waals surface area contributed by atoms with Crippen molar-refractivity contribution in [2.24, 2.45) is 0 Å². The molecular formula is C19H20F2N4OS2. The quantitative estimate of drug-likeness (QED) is 0.417. The van der Waals surface area contributed by atoms with Crippen LogP contribution in [0.4, 0.5) is 8.78 Å². The molecule has 0 fully saturated rings. The highest BCUT2D eigenvalue weighted by atomic mass is 33.1. The lowest BCUT2D eigenvalue weighted by Crippen LogP contribution is -2.41. The van der Waals surface area contributed by atoms with E-state index in [1.807, 2.05) is 25.1 Å². The van der Waals surface area contributed by atoms with Gasteiger partial charge >= 0.3 is 0 Å². The van der Waals surface area contributed by atoms with E-state index in [2.05, 4.69) is 15.1 Å². The topological polar surface area (TPSA) is 63.8 Å². The van der Waals surface area contributed by atoms with Crippen LogP contribution in [-0.2, 0) is 18.6 Å². The van der Waals surface area contributed by atoms with Crippen LogP contribution in [0, 0.1) is 11.6 Å². The SMILES string of the molecule is C[C@@H](SSCCc1ccccn1)[C@](O)(Cn1cncn1)c1ccc(F)cc1F. The predicted molar refractivity (Wildman–Crippen MR) is 108 cm³/mol. The summed E-state index contributed by atoms with van der Waals surface area (Å²) in [5, 5.41) is 15.0. The lowest BCUT2D eigenvalue weighted by molar-refractivity contribution is 0.0137. The molecule has 0 aliphatic carbocycles. The molecule has 3 aromatic rings. The van der Waals surface area contributed by atoms with Crippen LogP contribution >= 0.6 is 21.6 Å². The van der Waals surface area contributed by atoms with E-state index in [-0.39, 0.29) is 12.1 Å². The van der Waals surface area contributed by atoms with Crippen LogP contribution < -0.4 is 0 Å². The standard InChI is InChI=1S/C19H20F2N4OS2/c1-14(28-27-9-7-16-4-2-3-8-23-16)19(26,11-25-13-22-12-24-25)17-6-5-15(20)10-18(17)21/h2-6,8,10,12-14,26H,7,9,11H2,1H3/t14-,19-/m1/s1. The summed E-state index contributed by atoms with van der Waals surface area (Å²) in [5.41, 5.74) is -0.561. The zero-order valence-corrected chi connectivity index (χ0v) is 16.8. The Kier molecular flexibility index (Phi) is 7.03. The number of nitrogens with zero attached hydrogens (tertiary/aromatic N) is 4. The maximum Gasteiger partial charge on any atom is 0.137 e. The Bertz CT molecular complexity index is 883. The molecule has 0 amide bonds. The summed E-state index contributed by atoms with van der Waals surface area (Å²) in [6.07, 6.45) is 5.35. The number of halogens is 2. The van der Waals surface area contributed by atoms with Crippen LogP contribution in [0.25, 0.3) is 0 Å². The summed E-state index contributed by atoms with van der Waals surface area (Å²) >= 11 is 0. The molecule has 0 spiro atoms. The first-order chi connectivity index (χ1) is 13.5. The second-order valence-electron chi connectivity index (χ2n) is 6.27. The fourth-order valence-corrected chi connectivity index (χ4v) is 5.34. The Morgan fingerprint density at radius 3 is 2.79 bits per heavy atom. The van der Waals surface area contributed by atoms with Crippen LogP contribution in [0.15, 0.2) is 55.2 Å². The molecule has 2 atom stereocenters. The number of aliphatic hydroxyl groups is 1. The number of pyridine rings is 1. The number of aryl methyl sites for hydroxylation is 1. The van der Waals surface area contributed by atoms with Gasteiger partial charge in [-0.2, -0.15) is 5.10 Å². The van der Waals surface area contributed by atoms with Crippen molar-refractivity contribution in [1.29, 1.82) is 0 Å². The maximum absolute atomic E-state index is 14.5. The fourth-order valence-electron chi connectivity index (χ4n) is 2.76. The molecule has 0 aliphatic rings. The largest absolute Gasteiger partial charge is 0.382 e. The molecule has 28 heavy (non-hydrogen) atoms. The van der Waals surface area contributed by atoms with E-state index in [4.69, 9.17) is 0 Å². The van der Waals surface area contributed by atoms with Gasteiger partial charge in [-0.3, -0.25) is 4.98 Å². The first-order valence-electron chi connectivity index (χ1n) is 8.67. The Morgan fingerprint density at radius 1 is 1.25 bits per heavy atom. The van der Waals surface area contributed by atoms with Gasteiger partial charge in [0, 0.05) is 34.5 Å². The van der Waals surface area contributed by atoms with Crippen LogP contribution in [0.5, 0.6) is 0 Å². The molecule has 3 rings (SSSR count). The van der Waals surface area contributed by atoms with Gasteiger partial charge in [-0.1, -0.05) is 33.7 Å². The molecule has 2 heterocycles. The summed E-state index contributed by atoms with van der Waals surface area (Å²) in [7, 11) is 3.02. The second-order valence-corrected chi connectivity index (χ2v) is 9.10. The highest BCUT2D eigenvalue weighted by Gasteiger charge is 2.39. The Balaban J connectivity index is 1.72. The van der Waals surface area contributed by atoms with E-state index in [1.54, 1.807) is 17.0 Å². The molecular weight excluding hydrogens is 402 g/mol. The summed E-state index contributed by atoms with van der Waals surface area (Å²) < 4.78 is 29.3. The summed E-state index contributed by atoms with van der Waals surface area (Å²) in [6, 6.07) is 9.00. The van der Waals surface area contributed by atoms with Gasteiger partial charge in [0.25, 0.3) is 0 Å². The minimum Gasteiger partial charge on any atom is -0.382 e. The third-order valence-corrected chi connectivity index (χ3v) is 7.28. The maximum atomic E-state index is 14.5. The number of hydrogen-bond acceptors (Lipinski definition) is 6. The van der Waals surface area contributed by atoms with E-state index in [0.29, 0.717) is 0 Å². The Hall–Kier alpha value is -1.97. The highest BCUT2D eigenvalue weighted by molar-refractivity contribution is 8.76. The molecule has 1 N–H and O–H groups in total. The van der Waals surface area contributed by atoms with E-state index >= 15 is 0 Å². The lowest BCUT2D eigenvalue weighted by Gasteiger charge is -2.34. The molecule has 2 aromatic heterocycles. The zero-order chi connectivity index (χ0) is 20.0. The van der Waals surface area contributed by atoms with Gasteiger partial charge in [-0.05, 0) is 31.5 Å². The van der Waals surface area contributed by atoms with Crippen molar-refractivity contribution in [3.63, 3.8) is 0 Å². The van der Waals surface area contributed by atoms with Crippen LogP contribution in [0.2, 0.25) is 0 Å². The number of rotatable bonds is 9. The van der Waals surface area contributed by atoms with Crippen molar-refractivity contribution in [2.75, 3.05) is 5.75 Å². The Morgan fingerprint density at radius 2 is 2.11 bits per heavy atom. The fraction of sp³-hybridized carbons (Fsp3) is 0.316. The monoisotopic (exact) mass is 422 g/mol. The third-order valence-electron chi connectivity index (χ3n) is 4.32. The normalized spacial score (nSPS) is 14.6. The highest BCUT2D eigenvalue weighted by Crippen LogP contribution is 2.41. The third kappa shape index (κ3) is 5.09. The molecule has 148 valence electrons. The van der Waals surface area contributed by atoms with E-state index in [1.165, 1.54) is 34.2 Å². The van der Waals surface area contributed by atoms with Crippen molar-refractivity contribution < 1.29 is 13.9 Å². The average Bonchev–Trinajstić information content (AvgIpc) is 3.18. The van der Waals surface area contributed by atoms with E-state index in [0.717, 1.165) is 30.0 Å². The first kappa shape index (κ1) is 20.8. The summed E-state index contributed by atoms with van der Waals surface area (Å²) in [5.74, 6) is -0.680. The zero-order valence-electron chi connectivity index (χ0n) is 15.2. The van der Waals surface area contributed by atoms with Crippen LogP contribution in [0.1, 0.15) is 18.2 Å². The molecule has 1 aromatic carbocycles. The molecule has 5 nitrogen and oxygen atoms in total. The first-order valence-corrected chi connectivity index (χ1v) is 11.1. The molecule has 0 bridgehead atoms. The second kappa shape index (κ2) is 9.49. The van der Waals surface area contributed by atoms with E-state index < -0.39 is 22.5 Å². The minimum atomic E-state index is -1.59. The number of aromatic nitrogens is 4. The lowest BCUT2D eigenvalue weighted by atomic mass is 9.90. The van der Waals surface area contributed by atoms with Gasteiger partial charge in [0.15, 0.2) is 0 Å². The molecule has 0 saturated heterocycles. The van der Waals surface area contributed by atoms with Crippen molar-refractivity contribution in [3.05, 3.63) is 78.1 Å². The van der Waals surface area contributed by atoms with Crippen molar-refractivity contribution in [1.82, 2.24) is 19.7 Å². The van der Waals surface area contributed by atoms with Gasteiger partial charge in [-0.15, -0.1) is 0 Å². The van der Waals surface area contributed by atoms with Gasteiger partial charge in [0.05, 0.1) is 6.54 Å². The molecule has 0 unspecified atom stereocenters. The average molecular weight is 423 g/mol. The number of benzene rings is 1. The van der Waals surface area contributed by atoms with Crippen molar-refractivity contribution in [2.45, 2.75) is 30.7 Å².